The highest BCUT2D eigenvalue weighted by Crippen LogP contribution is 2.26. The SMILES string of the molecule is COC(=O)[C@H]1CC[C@H](NC(=O)OC(C)(C)C)[C@@H](O)C1. The van der Waals surface area contributed by atoms with Crippen LogP contribution < -0.4 is 5.32 Å². The van der Waals surface area contributed by atoms with E-state index in [9.17, 15) is 14.7 Å². The highest BCUT2D eigenvalue weighted by atomic mass is 16.6. The van der Waals surface area contributed by atoms with Crippen molar-refractivity contribution in [2.75, 3.05) is 7.11 Å². The van der Waals surface area contributed by atoms with E-state index in [1.165, 1.54) is 7.11 Å². The summed E-state index contributed by atoms with van der Waals surface area (Å²) >= 11 is 0. The molecule has 3 atom stereocenters. The molecule has 2 N–H and O–H groups in total. The van der Waals surface area contributed by atoms with Crippen LogP contribution in [0.3, 0.4) is 0 Å². The Kier molecular flexibility index (Phi) is 5.17. The molecule has 0 spiro atoms. The van der Waals surface area contributed by atoms with Crippen molar-refractivity contribution in [3.05, 3.63) is 0 Å². The van der Waals surface area contributed by atoms with Gasteiger partial charge >= 0.3 is 12.1 Å². The quantitative estimate of drug-likeness (QED) is 0.739. The van der Waals surface area contributed by atoms with Crippen molar-refractivity contribution in [1.82, 2.24) is 5.32 Å². The summed E-state index contributed by atoms with van der Waals surface area (Å²) in [5.74, 6) is -0.605. The van der Waals surface area contributed by atoms with Gasteiger partial charge in [-0.25, -0.2) is 4.79 Å². The summed E-state index contributed by atoms with van der Waals surface area (Å²) in [5, 5.41) is 12.6. The van der Waals surface area contributed by atoms with Gasteiger partial charge in [0.1, 0.15) is 5.60 Å². The number of amides is 1. The molecule has 1 aliphatic carbocycles. The third kappa shape index (κ3) is 5.06. The highest BCUT2D eigenvalue weighted by Gasteiger charge is 2.34. The number of nitrogens with one attached hydrogen (secondary N) is 1. The van der Waals surface area contributed by atoms with E-state index in [1.54, 1.807) is 20.8 Å². The van der Waals surface area contributed by atoms with E-state index in [0.29, 0.717) is 19.3 Å². The van der Waals surface area contributed by atoms with Crippen LogP contribution in [-0.2, 0) is 14.3 Å². The predicted molar refractivity (Wildman–Crippen MR) is 68.5 cm³/mol. The Bertz CT molecular complexity index is 336. The lowest BCUT2D eigenvalue weighted by Gasteiger charge is -2.32. The van der Waals surface area contributed by atoms with E-state index in [-0.39, 0.29) is 17.9 Å². The van der Waals surface area contributed by atoms with Crippen molar-refractivity contribution >= 4 is 12.1 Å². The van der Waals surface area contributed by atoms with Crippen molar-refractivity contribution < 1.29 is 24.2 Å². The molecule has 1 aliphatic rings. The van der Waals surface area contributed by atoms with Crippen LogP contribution in [0.2, 0.25) is 0 Å². The molecule has 0 aromatic heterocycles. The zero-order valence-electron chi connectivity index (χ0n) is 11.9. The van der Waals surface area contributed by atoms with Gasteiger partial charge in [0.25, 0.3) is 0 Å². The second kappa shape index (κ2) is 6.23. The van der Waals surface area contributed by atoms with Crippen molar-refractivity contribution in [3.63, 3.8) is 0 Å². The van der Waals surface area contributed by atoms with Crippen LogP contribution in [0.5, 0.6) is 0 Å². The first-order valence-corrected chi connectivity index (χ1v) is 6.48. The van der Waals surface area contributed by atoms with Crippen LogP contribution in [0.15, 0.2) is 0 Å². The molecular formula is C13H23NO5. The fraction of sp³-hybridized carbons (Fsp3) is 0.846. The second-order valence-electron chi connectivity index (χ2n) is 5.85. The van der Waals surface area contributed by atoms with Crippen LogP contribution in [0.25, 0.3) is 0 Å². The van der Waals surface area contributed by atoms with Crippen LogP contribution in [-0.4, -0.2) is 42.0 Å². The van der Waals surface area contributed by atoms with Crippen LogP contribution in [0.4, 0.5) is 4.79 Å². The number of rotatable bonds is 2. The minimum atomic E-state index is -0.759. The lowest BCUT2D eigenvalue weighted by molar-refractivity contribution is -0.148. The van der Waals surface area contributed by atoms with Crippen molar-refractivity contribution in [3.8, 4) is 0 Å². The molecule has 0 aliphatic heterocycles. The van der Waals surface area contributed by atoms with Gasteiger partial charge in [-0.3, -0.25) is 4.79 Å². The molecule has 0 radical (unpaired) electrons. The number of alkyl carbamates (subject to hydrolysis) is 1. The molecule has 6 nitrogen and oxygen atoms in total. The van der Waals surface area contributed by atoms with Gasteiger partial charge in [0.05, 0.1) is 25.2 Å². The first-order chi connectivity index (χ1) is 8.73. The molecule has 110 valence electrons. The van der Waals surface area contributed by atoms with Gasteiger partial charge in [-0.1, -0.05) is 0 Å². The molecular weight excluding hydrogens is 250 g/mol. The van der Waals surface area contributed by atoms with Gasteiger partial charge in [0, 0.05) is 0 Å². The Labute approximate surface area is 113 Å². The summed E-state index contributed by atoms with van der Waals surface area (Å²) < 4.78 is 9.79. The van der Waals surface area contributed by atoms with E-state index in [0.717, 1.165) is 0 Å². The largest absolute Gasteiger partial charge is 0.469 e. The van der Waals surface area contributed by atoms with Crippen molar-refractivity contribution in [2.45, 2.75) is 57.8 Å². The molecule has 0 unspecified atom stereocenters. The number of hydrogen-bond acceptors (Lipinski definition) is 5. The number of aliphatic hydroxyl groups is 1. The lowest BCUT2D eigenvalue weighted by atomic mass is 9.84. The third-order valence-electron chi connectivity index (χ3n) is 3.05. The maximum absolute atomic E-state index is 11.6. The van der Waals surface area contributed by atoms with E-state index in [1.807, 2.05) is 0 Å². The minimum Gasteiger partial charge on any atom is -0.469 e. The monoisotopic (exact) mass is 273 g/mol. The minimum absolute atomic E-state index is 0.295. The Balaban J connectivity index is 2.46. The molecule has 1 rings (SSSR count). The Hall–Kier alpha value is -1.30. The van der Waals surface area contributed by atoms with E-state index in [4.69, 9.17) is 4.74 Å². The van der Waals surface area contributed by atoms with Gasteiger partial charge in [-0.05, 0) is 40.0 Å². The van der Waals surface area contributed by atoms with Gasteiger partial charge in [-0.2, -0.15) is 0 Å². The van der Waals surface area contributed by atoms with Gasteiger partial charge in [0.2, 0.25) is 0 Å². The van der Waals surface area contributed by atoms with Gasteiger partial charge in [0.15, 0.2) is 0 Å². The van der Waals surface area contributed by atoms with Crippen LogP contribution in [0.1, 0.15) is 40.0 Å². The average Bonchev–Trinajstić information content (AvgIpc) is 2.28. The van der Waals surface area contributed by atoms with Gasteiger partial charge < -0.3 is 19.9 Å². The molecule has 1 fully saturated rings. The standard InChI is InChI=1S/C13H23NO5/c1-13(2,3)19-12(17)14-9-6-5-8(7-10(9)15)11(16)18-4/h8-10,15H,5-7H2,1-4H3,(H,14,17)/t8-,9-,10-/m0/s1. The zero-order valence-corrected chi connectivity index (χ0v) is 11.9. The number of carbonyl (C=O) groups is 2. The fourth-order valence-electron chi connectivity index (χ4n) is 2.15. The summed E-state index contributed by atoms with van der Waals surface area (Å²) in [6.07, 6.45) is 0.107. The summed E-state index contributed by atoms with van der Waals surface area (Å²) in [6, 6.07) is -0.379. The van der Waals surface area contributed by atoms with E-state index < -0.39 is 17.8 Å². The molecule has 1 amide bonds. The average molecular weight is 273 g/mol. The first kappa shape index (κ1) is 15.8. The lowest BCUT2D eigenvalue weighted by Crippen LogP contribution is -2.49. The molecule has 0 aromatic rings. The Morgan fingerprint density at radius 2 is 1.89 bits per heavy atom. The highest BCUT2D eigenvalue weighted by molar-refractivity contribution is 5.72. The molecule has 0 saturated heterocycles. The van der Waals surface area contributed by atoms with Crippen LogP contribution in [0, 0.1) is 5.92 Å². The fourth-order valence-corrected chi connectivity index (χ4v) is 2.15. The third-order valence-corrected chi connectivity index (χ3v) is 3.05. The Morgan fingerprint density at radius 1 is 1.26 bits per heavy atom. The number of methoxy groups -OCH3 is 1. The van der Waals surface area contributed by atoms with E-state index in [2.05, 4.69) is 10.1 Å². The van der Waals surface area contributed by atoms with E-state index >= 15 is 0 Å². The topological polar surface area (TPSA) is 84.9 Å². The molecule has 6 heteroatoms. The first-order valence-electron chi connectivity index (χ1n) is 6.48. The molecule has 19 heavy (non-hydrogen) atoms. The summed E-state index contributed by atoms with van der Waals surface area (Å²) in [5.41, 5.74) is -0.571. The number of carbonyl (C=O) groups excluding carboxylic acids is 2. The normalized spacial score (nSPS) is 27.5. The molecule has 0 bridgehead atoms. The summed E-state index contributed by atoms with van der Waals surface area (Å²) in [4.78, 5) is 23.0. The summed E-state index contributed by atoms with van der Waals surface area (Å²) in [7, 11) is 1.33. The number of ether oxygens (including phenoxy) is 2. The second-order valence-corrected chi connectivity index (χ2v) is 5.85. The van der Waals surface area contributed by atoms with Crippen molar-refractivity contribution in [2.24, 2.45) is 5.92 Å². The van der Waals surface area contributed by atoms with Gasteiger partial charge in [-0.15, -0.1) is 0 Å². The maximum atomic E-state index is 11.6. The maximum Gasteiger partial charge on any atom is 0.407 e. The number of hydrogen-bond donors (Lipinski definition) is 2. The molecule has 0 aromatic carbocycles. The number of esters is 1. The zero-order chi connectivity index (χ0) is 14.6. The molecule has 0 heterocycles. The van der Waals surface area contributed by atoms with Crippen molar-refractivity contribution in [1.29, 1.82) is 0 Å². The van der Waals surface area contributed by atoms with Crippen LogP contribution >= 0.6 is 0 Å². The predicted octanol–water partition coefficient (Wildman–Crippen LogP) is 1.21. The Morgan fingerprint density at radius 3 is 2.37 bits per heavy atom. The smallest absolute Gasteiger partial charge is 0.407 e. The number of aliphatic hydroxyl groups excluding tert-OH is 1. The molecule has 1 saturated carbocycles. The summed E-state index contributed by atoms with van der Waals surface area (Å²) in [6.45, 7) is 5.32.